The minimum absolute atomic E-state index is 0. The van der Waals surface area contributed by atoms with Crippen LogP contribution in [-0.4, -0.2) is 14.6 Å². The van der Waals surface area contributed by atoms with Gasteiger partial charge in [-0.05, 0) is 12.1 Å². The van der Waals surface area contributed by atoms with E-state index < -0.39 is 0 Å². The summed E-state index contributed by atoms with van der Waals surface area (Å²) in [7, 11) is 0. The quantitative estimate of drug-likeness (QED) is 0.593. The zero-order valence-corrected chi connectivity index (χ0v) is 9.02. The molecular weight excluding hydrogens is 226 g/mol. The summed E-state index contributed by atoms with van der Waals surface area (Å²) in [5, 5.41) is 5.13. The minimum atomic E-state index is -0.256. The number of fused-ring (bicyclic) bond motifs is 3. The Bertz CT molecular complexity index is 708. The van der Waals surface area contributed by atoms with Crippen LogP contribution in [0.3, 0.4) is 0 Å². The maximum absolute atomic E-state index is 11.7. The third-order valence-electron chi connectivity index (χ3n) is 2.31. The molecule has 0 atom stereocenters. The summed E-state index contributed by atoms with van der Waals surface area (Å²) >= 11 is 0. The van der Waals surface area contributed by atoms with E-state index in [0.717, 1.165) is 10.9 Å². The molecule has 4 nitrogen and oxygen atoms in total. The van der Waals surface area contributed by atoms with Crippen LogP contribution in [0.2, 0.25) is 0 Å². The Morgan fingerprint density at radius 2 is 1.94 bits per heavy atom. The Morgan fingerprint density at radius 3 is 2.81 bits per heavy atom. The number of nitrogens with zero attached hydrogens (tertiary/aromatic N) is 3. The van der Waals surface area contributed by atoms with Crippen molar-refractivity contribution < 1.29 is 0 Å². The number of rotatable bonds is 0. The molecule has 0 fully saturated rings. The van der Waals surface area contributed by atoms with Crippen molar-refractivity contribution in [2.75, 3.05) is 0 Å². The zero-order valence-electron chi connectivity index (χ0n) is 8.20. The van der Waals surface area contributed by atoms with E-state index in [1.807, 2.05) is 24.3 Å². The van der Waals surface area contributed by atoms with E-state index in [0.29, 0.717) is 5.52 Å². The Balaban J connectivity index is 0.000000963. The van der Waals surface area contributed by atoms with Gasteiger partial charge < -0.3 is 0 Å². The largest absolute Gasteiger partial charge is 0.296 e. The van der Waals surface area contributed by atoms with Gasteiger partial charge in [0.25, 0.3) is 5.56 Å². The SMILES string of the molecule is Cl.O=c1ncccn2nc3ccccc3c12. The number of hydrogen-bond acceptors (Lipinski definition) is 3. The van der Waals surface area contributed by atoms with Crippen molar-refractivity contribution in [2.45, 2.75) is 0 Å². The summed E-state index contributed by atoms with van der Waals surface area (Å²) in [6.07, 6.45) is 3.20. The standard InChI is InChI=1S/C11H7N3O.ClH/c15-11-10-8-4-1-2-5-9(8)13-14(10)7-3-6-12-11;/h1-7H;1H. The average molecular weight is 234 g/mol. The third-order valence-corrected chi connectivity index (χ3v) is 2.31. The smallest absolute Gasteiger partial charge is 0.265 e. The van der Waals surface area contributed by atoms with Crippen LogP contribution in [0.15, 0.2) is 47.5 Å². The van der Waals surface area contributed by atoms with Crippen LogP contribution in [0, 0.1) is 0 Å². The van der Waals surface area contributed by atoms with Gasteiger partial charge in [-0.2, -0.15) is 5.10 Å². The molecule has 0 bridgehead atoms. The lowest BCUT2D eigenvalue weighted by Crippen LogP contribution is -2.03. The Labute approximate surface area is 97.0 Å². The second-order valence-corrected chi connectivity index (χ2v) is 3.24. The van der Waals surface area contributed by atoms with Gasteiger partial charge in [0.15, 0.2) is 0 Å². The van der Waals surface area contributed by atoms with Crippen LogP contribution in [0.25, 0.3) is 16.4 Å². The predicted molar refractivity (Wildman–Crippen MR) is 64.0 cm³/mol. The monoisotopic (exact) mass is 233 g/mol. The maximum atomic E-state index is 11.7. The lowest BCUT2D eigenvalue weighted by atomic mass is 10.2. The van der Waals surface area contributed by atoms with Crippen LogP contribution < -0.4 is 5.56 Å². The second kappa shape index (κ2) is 3.90. The molecule has 0 unspecified atom stereocenters. The molecular formula is C11H8ClN3O. The fourth-order valence-corrected chi connectivity index (χ4v) is 1.66. The molecule has 2 aromatic heterocycles. The molecule has 0 aliphatic carbocycles. The van der Waals surface area contributed by atoms with Crippen LogP contribution in [0.1, 0.15) is 0 Å². The van der Waals surface area contributed by atoms with Gasteiger partial charge in [0.1, 0.15) is 5.52 Å². The van der Waals surface area contributed by atoms with Gasteiger partial charge in [-0.15, -0.1) is 12.4 Å². The van der Waals surface area contributed by atoms with Gasteiger partial charge in [0, 0.05) is 17.8 Å². The van der Waals surface area contributed by atoms with Crippen molar-refractivity contribution in [3.05, 3.63) is 53.1 Å². The Morgan fingerprint density at radius 1 is 1.12 bits per heavy atom. The van der Waals surface area contributed by atoms with Crippen molar-refractivity contribution in [3.8, 4) is 0 Å². The fourth-order valence-electron chi connectivity index (χ4n) is 1.66. The van der Waals surface area contributed by atoms with Crippen molar-refractivity contribution in [1.82, 2.24) is 14.6 Å². The Hall–Kier alpha value is -1.94. The first-order valence-corrected chi connectivity index (χ1v) is 4.59. The number of halogens is 1. The number of benzene rings is 1. The molecule has 0 radical (unpaired) electrons. The zero-order chi connectivity index (χ0) is 10.3. The van der Waals surface area contributed by atoms with Crippen LogP contribution in [-0.2, 0) is 0 Å². The molecule has 0 aliphatic rings. The topological polar surface area (TPSA) is 47.3 Å². The second-order valence-electron chi connectivity index (χ2n) is 3.24. The summed E-state index contributed by atoms with van der Waals surface area (Å²) in [6.45, 7) is 0. The van der Waals surface area contributed by atoms with Gasteiger partial charge >= 0.3 is 0 Å². The highest BCUT2D eigenvalue weighted by molar-refractivity contribution is 5.93. The molecule has 80 valence electrons. The van der Waals surface area contributed by atoms with E-state index in [9.17, 15) is 4.79 Å². The molecule has 0 saturated heterocycles. The molecule has 0 aliphatic heterocycles. The number of hydrogen-bond donors (Lipinski definition) is 0. The van der Waals surface area contributed by atoms with Gasteiger partial charge in [-0.25, -0.2) is 9.50 Å². The Kier molecular flexibility index (Phi) is 2.58. The van der Waals surface area contributed by atoms with Gasteiger partial charge in [0.05, 0.1) is 5.52 Å². The molecule has 3 rings (SSSR count). The summed E-state index contributed by atoms with van der Waals surface area (Å²) in [6, 6.07) is 9.23. The number of aromatic nitrogens is 3. The van der Waals surface area contributed by atoms with E-state index in [-0.39, 0.29) is 18.0 Å². The molecule has 5 heteroatoms. The average Bonchev–Trinajstić information content (AvgIpc) is 2.53. The van der Waals surface area contributed by atoms with Crippen LogP contribution in [0.4, 0.5) is 0 Å². The van der Waals surface area contributed by atoms with Crippen LogP contribution in [0.5, 0.6) is 0 Å². The first kappa shape index (κ1) is 10.6. The highest BCUT2D eigenvalue weighted by atomic mass is 35.5. The summed E-state index contributed by atoms with van der Waals surface area (Å²) in [5.74, 6) is 0. The van der Waals surface area contributed by atoms with E-state index in [4.69, 9.17) is 0 Å². The summed E-state index contributed by atoms with van der Waals surface area (Å²) < 4.78 is 1.57. The minimum Gasteiger partial charge on any atom is -0.265 e. The lowest BCUT2D eigenvalue weighted by Gasteiger charge is -1.83. The molecule has 3 aromatic rings. The van der Waals surface area contributed by atoms with Gasteiger partial charge in [-0.3, -0.25) is 4.79 Å². The lowest BCUT2D eigenvalue weighted by molar-refractivity contribution is 0.984. The van der Waals surface area contributed by atoms with E-state index >= 15 is 0 Å². The van der Waals surface area contributed by atoms with E-state index in [2.05, 4.69) is 10.1 Å². The third kappa shape index (κ3) is 1.44. The molecule has 16 heavy (non-hydrogen) atoms. The molecule has 0 saturated carbocycles. The van der Waals surface area contributed by atoms with Crippen LogP contribution >= 0.6 is 12.4 Å². The molecule has 0 spiro atoms. The highest BCUT2D eigenvalue weighted by Gasteiger charge is 2.05. The molecule has 0 amide bonds. The molecule has 0 N–H and O–H groups in total. The summed E-state index contributed by atoms with van der Waals surface area (Å²) in [4.78, 5) is 15.5. The highest BCUT2D eigenvalue weighted by Crippen LogP contribution is 2.14. The van der Waals surface area contributed by atoms with Gasteiger partial charge in [-0.1, -0.05) is 18.2 Å². The first-order chi connectivity index (χ1) is 7.36. The summed E-state index contributed by atoms with van der Waals surface area (Å²) in [5.41, 5.74) is 1.08. The van der Waals surface area contributed by atoms with Crippen molar-refractivity contribution in [2.24, 2.45) is 0 Å². The van der Waals surface area contributed by atoms with Crippen molar-refractivity contribution in [3.63, 3.8) is 0 Å². The predicted octanol–water partition coefficient (Wildman–Crippen LogP) is 1.66. The van der Waals surface area contributed by atoms with E-state index in [1.54, 1.807) is 16.8 Å². The normalized spacial score (nSPS) is 10.2. The maximum Gasteiger partial charge on any atom is 0.296 e. The van der Waals surface area contributed by atoms with Crippen molar-refractivity contribution >= 4 is 28.8 Å². The fraction of sp³-hybridized carbons (Fsp3) is 0. The molecule has 2 heterocycles. The van der Waals surface area contributed by atoms with E-state index in [1.165, 1.54) is 6.20 Å². The molecule has 1 aromatic carbocycles. The first-order valence-electron chi connectivity index (χ1n) is 4.59. The van der Waals surface area contributed by atoms with Crippen molar-refractivity contribution in [1.29, 1.82) is 0 Å². The van der Waals surface area contributed by atoms with Gasteiger partial charge in [0.2, 0.25) is 0 Å².